The van der Waals surface area contributed by atoms with E-state index < -0.39 is 11.6 Å². The standard InChI is InChI=1S/C14H13F2NO/c1-9-4-2-3-5-10(9)8-18-14-7-11(15)13(17)6-12(14)16/h2-7H,8,17H2,1H3. The molecule has 0 unspecified atom stereocenters. The van der Waals surface area contributed by atoms with Crippen LogP contribution in [0.5, 0.6) is 5.75 Å². The number of hydrogen-bond acceptors (Lipinski definition) is 2. The summed E-state index contributed by atoms with van der Waals surface area (Å²) in [6.07, 6.45) is 0. The third-order valence-corrected chi connectivity index (χ3v) is 2.70. The van der Waals surface area contributed by atoms with Gasteiger partial charge in [-0.05, 0) is 18.1 Å². The highest BCUT2D eigenvalue weighted by molar-refractivity contribution is 5.44. The molecular formula is C14H13F2NO. The van der Waals surface area contributed by atoms with Crippen LogP contribution in [0.1, 0.15) is 11.1 Å². The second-order valence-corrected chi connectivity index (χ2v) is 4.02. The average Bonchev–Trinajstić information content (AvgIpc) is 2.34. The third-order valence-electron chi connectivity index (χ3n) is 2.70. The summed E-state index contributed by atoms with van der Waals surface area (Å²) >= 11 is 0. The van der Waals surface area contributed by atoms with Crippen LogP contribution < -0.4 is 10.5 Å². The molecule has 0 aromatic heterocycles. The smallest absolute Gasteiger partial charge is 0.167 e. The van der Waals surface area contributed by atoms with Crippen molar-refractivity contribution in [1.29, 1.82) is 0 Å². The van der Waals surface area contributed by atoms with E-state index in [2.05, 4.69) is 0 Å². The van der Waals surface area contributed by atoms with Crippen molar-refractivity contribution in [3.8, 4) is 5.75 Å². The van der Waals surface area contributed by atoms with E-state index in [0.717, 1.165) is 23.3 Å². The van der Waals surface area contributed by atoms with Crippen molar-refractivity contribution in [1.82, 2.24) is 0 Å². The number of rotatable bonds is 3. The highest BCUT2D eigenvalue weighted by Crippen LogP contribution is 2.24. The van der Waals surface area contributed by atoms with Gasteiger partial charge < -0.3 is 10.5 Å². The molecule has 94 valence electrons. The lowest BCUT2D eigenvalue weighted by molar-refractivity contribution is 0.288. The lowest BCUT2D eigenvalue weighted by atomic mass is 10.1. The normalized spacial score (nSPS) is 10.4. The van der Waals surface area contributed by atoms with Gasteiger partial charge in [-0.25, -0.2) is 8.78 Å². The van der Waals surface area contributed by atoms with Crippen LogP contribution >= 0.6 is 0 Å². The molecule has 0 aliphatic heterocycles. The van der Waals surface area contributed by atoms with Crippen molar-refractivity contribution < 1.29 is 13.5 Å². The minimum absolute atomic E-state index is 0.134. The van der Waals surface area contributed by atoms with Gasteiger partial charge in [-0.15, -0.1) is 0 Å². The van der Waals surface area contributed by atoms with Crippen LogP contribution in [0.2, 0.25) is 0 Å². The molecule has 0 spiro atoms. The maximum absolute atomic E-state index is 13.5. The molecule has 0 aliphatic rings. The van der Waals surface area contributed by atoms with E-state index in [4.69, 9.17) is 10.5 Å². The summed E-state index contributed by atoms with van der Waals surface area (Å²) < 4.78 is 31.9. The van der Waals surface area contributed by atoms with E-state index in [1.165, 1.54) is 0 Å². The van der Waals surface area contributed by atoms with Gasteiger partial charge in [0.2, 0.25) is 0 Å². The van der Waals surface area contributed by atoms with Crippen molar-refractivity contribution >= 4 is 5.69 Å². The first-order valence-electron chi connectivity index (χ1n) is 5.50. The Morgan fingerprint density at radius 1 is 1.11 bits per heavy atom. The number of aryl methyl sites for hydroxylation is 1. The van der Waals surface area contributed by atoms with Crippen LogP contribution in [0.3, 0.4) is 0 Å². The molecule has 0 bridgehead atoms. The highest BCUT2D eigenvalue weighted by Gasteiger charge is 2.09. The molecule has 0 saturated heterocycles. The topological polar surface area (TPSA) is 35.2 Å². The van der Waals surface area contributed by atoms with Gasteiger partial charge in [0.1, 0.15) is 12.4 Å². The van der Waals surface area contributed by atoms with E-state index in [0.29, 0.717) is 0 Å². The van der Waals surface area contributed by atoms with Gasteiger partial charge in [0.15, 0.2) is 11.6 Å². The van der Waals surface area contributed by atoms with Gasteiger partial charge in [-0.3, -0.25) is 0 Å². The predicted octanol–water partition coefficient (Wildman–Crippen LogP) is 3.43. The van der Waals surface area contributed by atoms with E-state index in [9.17, 15) is 8.78 Å². The monoisotopic (exact) mass is 249 g/mol. The molecule has 2 nitrogen and oxygen atoms in total. The summed E-state index contributed by atoms with van der Waals surface area (Å²) in [6.45, 7) is 2.12. The maximum atomic E-state index is 13.5. The fourth-order valence-electron chi connectivity index (χ4n) is 1.58. The van der Waals surface area contributed by atoms with Crippen LogP contribution in [0, 0.1) is 18.6 Å². The predicted molar refractivity (Wildman–Crippen MR) is 66.3 cm³/mol. The van der Waals surface area contributed by atoms with Gasteiger partial charge >= 0.3 is 0 Å². The minimum Gasteiger partial charge on any atom is -0.486 e. The van der Waals surface area contributed by atoms with Gasteiger partial charge in [0.05, 0.1) is 5.69 Å². The average molecular weight is 249 g/mol. The van der Waals surface area contributed by atoms with Crippen molar-refractivity contribution in [2.45, 2.75) is 13.5 Å². The molecule has 2 aromatic rings. The molecule has 0 radical (unpaired) electrons. The van der Waals surface area contributed by atoms with Crippen LogP contribution in [0.4, 0.5) is 14.5 Å². The van der Waals surface area contributed by atoms with E-state index in [-0.39, 0.29) is 18.0 Å². The summed E-state index contributed by atoms with van der Waals surface area (Å²) in [6, 6.07) is 9.46. The number of nitrogen functional groups attached to an aromatic ring is 1. The number of ether oxygens (including phenoxy) is 1. The lowest BCUT2D eigenvalue weighted by Gasteiger charge is -2.10. The van der Waals surface area contributed by atoms with Crippen molar-refractivity contribution in [3.63, 3.8) is 0 Å². The van der Waals surface area contributed by atoms with Gasteiger partial charge in [0.25, 0.3) is 0 Å². The van der Waals surface area contributed by atoms with Gasteiger partial charge in [0, 0.05) is 12.1 Å². The number of benzene rings is 2. The van der Waals surface area contributed by atoms with Crippen LogP contribution in [0.15, 0.2) is 36.4 Å². The Morgan fingerprint density at radius 3 is 2.56 bits per heavy atom. The van der Waals surface area contributed by atoms with E-state index >= 15 is 0 Å². The number of nitrogens with two attached hydrogens (primary N) is 1. The lowest BCUT2D eigenvalue weighted by Crippen LogP contribution is -2.01. The molecule has 0 fully saturated rings. The number of anilines is 1. The Hall–Kier alpha value is -2.10. The van der Waals surface area contributed by atoms with Crippen molar-refractivity contribution in [2.75, 3.05) is 5.73 Å². The fraction of sp³-hybridized carbons (Fsp3) is 0.143. The minimum atomic E-state index is -0.684. The Labute approximate surface area is 104 Å². The molecule has 2 aromatic carbocycles. The van der Waals surface area contributed by atoms with Gasteiger partial charge in [-0.2, -0.15) is 0 Å². The Kier molecular flexibility index (Phi) is 3.46. The molecule has 0 amide bonds. The molecule has 2 rings (SSSR count). The number of halogens is 2. The first-order valence-corrected chi connectivity index (χ1v) is 5.50. The summed E-state index contributed by atoms with van der Waals surface area (Å²) in [5.41, 5.74) is 6.99. The zero-order chi connectivity index (χ0) is 13.1. The number of hydrogen-bond donors (Lipinski definition) is 1. The van der Waals surface area contributed by atoms with Crippen LogP contribution in [-0.2, 0) is 6.61 Å². The van der Waals surface area contributed by atoms with Crippen LogP contribution in [-0.4, -0.2) is 0 Å². The third kappa shape index (κ3) is 2.59. The second-order valence-electron chi connectivity index (χ2n) is 4.02. The zero-order valence-corrected chi connectivity index (χ0v) is 9.91. The van der Waals surface area contributed by atoms with Crippen molar-refractivity contribution in [3.05, 3.63) is 59.2 Å². The largest absolute Gasteiger partial charge is 0.486 e. The molecule has 4 heteroatoms. The van der Waals surface area contributed by atoms with Gasteiger partial charge in [-0.1, -0.05) is 24.3 Å². The Morgan fingerprint density at radius 2 is 1.83 bits per heavy atom. The first-order chi connectivity index (χ1) is 8.58. The molecule has 0 heterocycles. The molecule has 0 atom stereocenters. The summed E-state index contributed by atoms with van der Waals surface area (Å²) in [5, 5.41) is 0. The second kappa shape index (κ2) is 5.04. The Bertz CT molecular complexity index is 570. The summed E-state index contributed by atoms with van der Waals surface area (Å²) in [4.78, 5) is 0. The van der Waals surface area contributed by atoms with Crippen LogP contribution in [0.25, 0.3) is 0 Å². The Balaban J connectivity index is 2.16. The first kappa shape index (κ1) is 12.4. The van der Waals surface area contributed by atoms with E-state index in [1.54, 1.807) is 0 Å². The molecule has 0 saturated carbocycles. The molecular weight excluding hydrogens is 236 g/mol. The zero-order valence-electron chi connectivity index (χ0n) is 9.91. The molecule has 18 heavy (non-hydrogen) atoms. The fourth-order valence-corrected chi connectivity index (χ4v) is 1.58. The van der Waals surface area contributed by atoms with E-state index in [1.807, 2.05) is 31.2 Å². The quantitative estimate of drug-likeness (QED) is 0.846. The molecule has 2 N–H and O–H groups in total. The highest BCUT2D eigenvalue weighted by atomic mass is 19.1. The SMILES string of the molecule is Cc1ccccc1COc1cc(F)c(N)cc1F. The molecule has 0 aliphatic carbocycles. The maximum Gasteiger partial charge on any atom is 0.167 e. The summed E-state index contributed by atoms with van der Waals surface area (Å²) in [5.74, 6) is -1.48. The van der Waals surface area contributed by atoms with Crippen molar-refractivity contribution in [2.24, 2.45) is 0 Å². The summed E-state index contributed by atoms with van der Waals surface area (Å²) in [7, 11) is 0.